The molecule has 23 heavy (non-hydrogen) atoms. The van der Waals surface area contributed by atoms with Crippen molar-refractivity contribution in [2.75, 3.05) is 26.0 Å². The Labute approximate surface area is 138 Å². The quantitative estimate of drug-likeness (QED) is 0.857. The van der Waals surface area contributed by atoms with Crippen LogP contribution >= 0.6 is 0 Å². The van der Waals surface area contributed by atoms with Crippen molar-refractivity contribution in [1.82, 2.24) is 4.90 Å². The number of benzene rings is 1. The van der Waals surface area contributed by atoms with E-state index >= 15 is 0 Å². The van der Waals surface area contributed by atoms with Gasteiger partial charge in [-0.15, -0.1) is 0 Å². The summed E-state index contributed by atoms with van der Waals surface area (Å²) in [4.78, 5) is 2.39. The van der Waals surface area contributed by atoms with Crippen molar-refractivity contribution >= 4 is 9.84 Å². The first-order valence-electron chi connectivity index (χ1n) is 8.00. The van der Waals surface area contributed by atoms with Crippen molar-refractivity contribution < 1.29 is 13.5 Å². The second-order valence-electron chi connectivity index (χ2n) is 6.29. The van der Waals surface area contributed by atoms with E-state index in [4.69, 9.17) is 5.26 Å². The molecular formula is C17H24N2O3S. The molecule has 1 aliphatic carbocycles. The first-order chi connectivity index (χ1) is 11.0. The van der Waals surface area contributed by atoms with Crippen LogP contribution in [0.1, 0.15) is 31.2 Å². The maximum Gasteiger partial charge on any atom is 0.179 e. The molecule has 1 saturated carbocycles. The lowest BCUT2D eigenvalue weighted by Crippen LogP contribution is -2.38. The molecule has 0 radical (unpaired) electrons. The lowest BCUT2D eigenvalue weighted by atomic mass is 9.86. The van der Waals surface area contributed by atoms with Crippen molar-refractivity contribution in [3.63, 3.8) is 0 Å². The zero-order chi connectivity index (χ0) is 16.9. The maximum absolute atomic E-state index is 12.4. The SMILES string of the molecule is CN(CCS(=O)(=O)c1ccc(C#N)cc1)C1CCC(CO)CC1. The van der Waals surface area contributed by atoms with Crippen molar-refractivity contribution in [3.8, 4) is 6.07 Å². The molecule has 1 N–H and O–H groups in total. The highest BCUT2D eigenvalue weighted by atomic mass is 32.2. The van der Waals surface area contributed by atoms with E-state index in [1.54, 1.807) is 0 Å². The van der Waals surface area contributed by atoms with Gasteiger partial charge in [0.25, 0.3) is 0 Å². The standard InChI is InChI=1S/C17H24N2O3S/c1-19(16-6-2-15(13-20)3-7-16)10-11-23(21,22)17-8-4-14(12-18)5-9-17/h4-5,8-9,15-16,20H,2-3,6-7,10-11,13H2,1H3. The van der Waals surface area contributed by atoms with Gasteiger partial charge in [0.15, 0.2) is 9.84 Å². The Morgan fingerprint density at radius 2 is 1.83 bits per heavy atom. The van der Waals surface area contributed by atoms with Crippen LogP contribution in [0.25, 0.3) is 0 Å². The Hall–Kier alpha value is -1.42. The summed E-state index contributed by atoms with van der Waals surface area (Å²) in [7, 11) is -1.36. The van der Waals surface area contributed by atoms with Crippen molar-refractivity contribution in [2.24, 2.45) is 5.92 Å². The smallest absolute Gasteiger partial charge is 0.179 e. The van der Waals surface area contributed by atoms with Crippen molar-refractivity contribution in [1.29, 1.82) is 5.26 Å². The van der Waals surface area contributed by atoms with Crippen LogP contribution in [0.4, 0.5) is 0 Å². The molecule has 0 spiro atoms. The minimum Gasteiger partial charge on any atom is -0.396 e. The fraction of sp³-hybridized carbons (Fsp3) is 0.588. The molecule has 6 heteroatoms. The summed E-state index contributed by atoms with van der Waals surface area (Å²) in [5.41, 5.74) is 0.460. The third kappa shape index (κ3) is 4.77. The summed E-state index contributed by atoms with van der Waals surface area (Å²) in [6.07, 6.45) is 4.04. The van der Waals surface area contributed by atoms with Crippen LogP contribution in [0.2, 0.25) is 0 Å². The predicted molar refractivity (Wildman–Crippen MR) is 88.7 cm³/mol. The fourth-order valence-electron chi connectivity index (χ4n) is 3.07. The van der Waals surface area contributed by atoms with E-state index in [9.17, 15) is 13.5 Å². The lowest BCUT2D eigenvalue weighted by molar-refractivity contribution is 0.131. The van der Waals surface area contributed by atoms with Gasteiger partial charge >= 0.3 is 0 Å². The van der Waals surface area contributed by atoms with E-state index in [-0.39, 0.29) is 17.3 Å². The zero-order valence-corrected chi connectivity index (χ0v) is 14.3. The molecule has 126 valence electrons. The molecule has 0 atom stereocenters. The average Bonchev–Trinajstić information content (AvgIpc) is 2.60. The molecule has 1 fully saturated rings. The van der Waals surface area contributed by atoms with E-state index in [1.807, 2.05) is 13.1 Å². The number of hydrogen-bond acceptors (Lipinski definition) is 5. The number of nitrogens with zero attached hydrogens (tertiary/aromatic N) is 2. The third-order valence-electron chi connectivity index (χ3n) is 4.75. The van der Waals surface area contributed by atoms with Crippen LogP contribution < -0.4 is 0 Å². The number of hydrogen-bond donors (Lipinski definition) is 1. The van der Waals surface area contributed by atoms with E-state index < -0.39 is 9.84 Å². The normalized spacial score (nSPS) is 22.0. The molecule has 0 aliphatic heterocycles. The summed E-state index contributed by atoms with van der Waals surface area (Å²) in [6, 6.07) is 8.45. The number of nitriles is 1. The largest absolute Gasteiger partial charge is 0.396 e. The predicted octanol–water partition coefficient (Wildman–Crippen LogP) is 1.81. The topological polar surface area (TPSA) is 81.4 Å². The molecule has 0 bridgehead atoms. The molecule has 0 unspecified atom stereocenters. The molecule has 0 amide bonds. The molecular weight excluding hydrogens is 312 g/mol. The first kappa shape index (κ1) is 17.9. The van der Waals surface area contributed by atoms with Gasteiger partial charge in [-0.3, -0.25) is 0 Å². The highest BCUT2D eigenvalue weighted by molar-refractivity contribution is 7.91. The number of sulfone groups is 1. The Morgan fingerprint density at radius 1 is 1.22 bits per heavy atom. The minimum absolute atomic E-state index is 0.0787. The highest BCUT2D eigenvalue weighted by Crippen LogP contribution is 2.26. The summed E-state index contributed by atoms with van der Waals surface area (Å²) in [5, 5.41) is 17.9. The molecule has 2 rings (SSSR count). The summed E-state index contributed by atoms with van der Waals surface area (Å²) < 4.78 is 24.7. The highest BCUT2D eigenvalue weighted by Gasteiger charge is 2.24. The van der Waals surface area contributed by atoms with Gasteiger partial charge in [-0.2, -0.15) is 5.26 Å². The molecule has 0 saturated heterocycles. The van der Waals surface area contributed by atoms with Gasteiger partial charge in [0, 0.05) is 19.2 Å². The van der Waals surface area contributed by atoms with Gasteiger partial charge in [0.05, 0.1) is 22.3 Å². The second-order valence-corrected chi connectivity index (χ2v) is 8.40. The van der Waals surface area contributed by atoms with Gasteiger partial charge in [0.2, 0.25) is 0 Å². The van der Waals surface area contributed by atoms with Crippen LogP contribution in [0.5, 0.6) is 0 Å². The van der Waals surface area contributed by atoms with Crippen molar-refractivity contribution in [3.05, 3.63) is 29.8 Å². The van der Waals surface area contributed by atoms with Gasteiger partial charge in [-0.1, -0.05) is 0 Å². The molecule has 0 heterocycles. The van der Waals surface area contributed by atoms with Gasteiger partial charge in [-0.05, 0) is 62.9 Å². The fourth-order valence-corrected chi connectivity index (χ4v) is 4.38. The Bertz CT molecular complexity index is 641. The lowest BCUT2D eigenvalue weighted by Gasteiger charge is -2.34. The molecule has 1 aromatic rings. The van der Waals surface area contributed by atoms with E-state index in [2.05, 4.69) is 4.90 Å². The zero-order valence-electron chi connectivity index (χ0n) is 13.5. The van der Waals surface area contributed by atoms with E-state index in [0.717, 1.165) is 25.7 Å². The van der Waals surface area contributed by atoms with Crippen LogP contribution in [0.15, 0.2) is 29.2 Å². The molecule has 0 aromatic heterocycles. The summed E-state index contributed by atoms with van der Waals surface area (Å²) in [6.45, 7) is 0.750. The summed E-state index contributed by atoms with van der Waals surface area (Å²) in [5.74, 6) is 0.483. The molecule has 1 aliphatic rings. The van der Waals surface area contributed by atoms with Crippen molar-refractivity contribution in [2.45, 2.75) is 36.6 Å². The Balaban J connectivity index is 1.90. The third-order valence-corrected chi connectivity index (χ3v) is 6.46. The minimum atomic E-state index is -3.33. The molecule has 5 nitrogen and oxygen atoms in total. The average molecular weight is 336 g/mol. The monoisotopic (exact) mass is 336 g/mol. The number of aliphatic hydroxyl groups is 1. The van der Waals surface area contributed by atoms with Crippen LogP contribution in [-0.4, -0.2) is 50.4 Å². The Kier molecular flexibility index (Phi) is 6.17. The van der Waals surface area contributed by atoms with Crippen LogP contribution in [-0.2, 0) is 9.84 Å². The van der Waals surface area contributed by atoms with Gasteiger partial charge < -0.3 is 10.0 Å². The first-order valence-corrected chi connectivity index (χ1v) is 9.65. The Morgan fingerprint density at radius 3 is 2.35 bits per heavy atom. The number of rotatable bonds is 6. The van der Waals surface area contributed by atoms with E-state index in [1.165, 1.54) is 24.3 Å². The second kappa shape index (κ2) is 7.91. The maximum atomic E-state index is 12.4. The number of aliphatic hydroxyl groups excluding tert-OH is 1. The van der Waals surface area contributed by atoms with Gasteiger partial charge in [0.1, 0.15) is 0 Å². The van der Waals surface area contributed by atoms with Crippen LogP contribution in [0.3, 0.4) is 0 Å². The van der Waals surface area contributed by atoms with E-state index in [0.29, 0.717) is 24.1 Å². The molecule has 1 aromatic carbocycles. The summed E-state index contributed by atoms with van der Waals surface area (Å²) >= 11 is 0. The van der Waals surface area contributed by atoms with Crippen LogP contribution in [0, 0.1) is 17.2 Å². The van der Waals surface area contributed by atoms with Gasteiger partial charge in [-0.25, -0.2) is 8.42 Å².